The van der Waals surface area contributed by atoms with E-state index in [1.54, 1.807) is 22.6 Å². The third-order valence-corrected chi connectivity index (χ3v) is 8.72. The summed E-state index contributed by atoms with van der Waals surface area (Å²) in [6.07, 6.45) is 2.22. The molecule has 1 amide bonds. The second-order valence-electron chi connectivity index (χ2n) is 9.13. The van der Waals surface area contributed by atoms with Gasteiger partial charge in [-0.3, -0.25) is 4.79 Å². The van der Waals surface area contributed by atoms with Gasteiger partial charge in [0.2, 0.25) is 10.0 Å². The lowest BCUT2D eigenvalue weighted by Crippen LogP contribution is -2.49. The first kappa shape index (κ1) is 23.2. The summed E-state index contributed by atoms with van der Waals surface area (Å²) in [4.78, 5) is 21.5. The molecule has 0 radical (unpaired) electrons. The lowest BCUT2D eigenvalue weighted by Gasteiger charge is -2.36. The van der Waals surface area contributed by atoms with E-state index in [0.29, 0.717) is 50.3 Å². The van der Waals surface area contributed by atoms with Gasteiger partial charge in [-0.2, -0.15) is 9.57 Å². The van der Waals surface area contributed by atoms with E-state index < -0.39 is 15.6 Å². The number of anilines is 1. The van der Waals surface area contributed by atoms with Crippen LogP contribution < -0.4 is 4.90 Å². The number of aryl methyl sites for hydroxylation is 1. The molecule has 2 aliphatic heterocycles. The quantitative estimate of drug-likeness (QED) is 0.685. The average Bonchev–Trinajstić information content (AvgIpc) is 3.18. The van der Waals surface area contributed by atoms with E-state index in [1.807, 2.05) is 43.9 Å². The number of nitriles is 1. The van der Waals surface area contributed by atoms with Gasteiger partial charge in [-0.25, -0.2) is 13.4 Å². The number of nitrogens with zero attached hydrogens (tertiary/aromatic N) is 5. The summed E-state index contributed by atoms with van der Waals surface area (Å²) >= 11 is 0. The highest BCUT2D eigenvalue weighted by Crippen LogP contribution is 2.34. The van der Waals surface area contributed by atoms with Crippen molar-refractivity contribution >= 4 is 21.7 Å². The smallest absolute Gasteiger partial charge is 0.253 e. The zero-order valence-corrected chi connectivity index (χ0v) is 20.1. The molecule has 2 fully saturated rings. The molecule has 0 aliphatic carbocycles. The monoisotopic (exact) mass is 467 g/mol. The molecule has 0 bridgehead atoms. The number of piperazine rings is 1. The fraction of sp³-hybridized carbons (Fsp3) is 0.458. The highest BCUT2D eigenvalue weighted by Gasteiger charge is 2.40. The van der Waals surface area contributed by atoms with Crippen molar-refractivity contribution in [2.45, 2.75) is 32.7 Å². The lowest BCUT2D eigenvalue weighted by molar-refractivity contribution is 0.0746. The normalized spacial score (nSPS) is 18.8. The number of amides is 1. The number of carbonyl (C=O) groups is 1. The van der Waals surface area contributed by atoms with Crippen LogP contribution in [-0.2, 0) is 15.6 Å². The number of sulfonamides is 1. The van der Waals surface area contributed by atoms with E-state index in [-0.39, 0.29) is 11.7 Å². The van der Waals surface area contributed by atoms with Gasteiger partial charge in [0.15, 0.2) is 0 Å². The molecule has 0 atom stereocenters. The minimum atomic E-state index is -3.24. The summed E-state index contributed by atoms with van der Waals surface area (Å²) in [5.41, 5.74) is 2.30. The maximum absolute atomic E-state index is 13.1. The van der Waals surface area contributed by atoms with Crippen LogP contribution in [0, 0.1) is 18.3 Å². The fourth-order valence-electron chi connectivity index (χ4n) is 4.70. The standard InChI is InChI=1S/C24H29N5O3S/c1-18-15-19(16-25)17-26-22(18)27-10-12-28(13-11-27)23(30)20-5-7-21(8-6-20)24(2,3)29-9-4-14-33(29,31)32/h5-8,15,17H,4,9-14H2,1-3H3. The summed E-state index contributed by atoms with van der Waals surface area (Å²) in [7, 11) is -3.24. The maximum Gasteiger partial charge on any atom is 0.253 e. The van der Waals surface area contributed by atoms with Crippen molar-refractivity contribution in [3.8, 4) is 6.07 Å². The maximum atomic E-state index is 13.1. The highest BCUT2D eigenvalue weighted by atomic mass is 32.2. The van der Waals surface area contributed by atoms with E-state index >= 15 is 0 Å². The van der Waals surface area contributed by atoms with Gasteiger partial charge in [0, 0.05) is 44.5 Å². The van der Waals surface area contributed by atoms with Gasteiger partial charge in [-0.1, -0.05) is 12.1 Å². The predicted molar refractivity (Wildman–Crippen MR) is 126 cm³/mol. The van der Waals surface area contributed by atoms with Crippen LogP contribution in [0.2, 0.25) is 0 Å². The minimum Gasteiger partial charge on any atom is -0.353 e. The number of benzene rings is 1. The van der Waals surface area contributed by atoms with Crippen molar-refractivity contribution in [2.75, 3.05) is 43.4 Å². The first-order valence-corrected chi connectivity index (χ1v) is 12.8. The zero-order valence-electron chi connectivity index (χ0n) is 19.3. The molecular formula is C24H29N5O3S. The molecule has 174 valence electrons. The Kier molecular flexibility index (Phi) is 6.16. The van der Waals surface area contributed by atoms with E-state index in [9.17, 15) is 13.2 Å². The van der Waals surface area contributed by atoms with Crippen LogP contribution in [0.25, 0.3) is 0 Å². The van der Waals surface area contributed by atoms with Crippen LogP contribution in [0.4, 0.5) is 5.82 Å². The van der Waals surface area contributed by atoms with Gasteiger partial charge in [0.25, 0.3) is 5.91 Å². The van der Waals surface area contributed by atoms with E-state index in [1.165, 1.54) is 0 Å². The molecule has 4 rings (SSSR count). The second-order valence-corrected chi connectivity index (χ2v) is 11.1. The van der Waals surface area contributed by atoms with Gasteiger partial charge in [-0.05, 0) is 56.5 Å². The molecule has 8 nitrogen and oxygen atoms in total. The van der Waals surface area contributed by atoms with Crippen LogP contribution in [0.3, 0.4) is 0 Å². The molecule has 0 saturated carbocycles. The summed E-state index contributed by atoms with van der Waals surface area (Å²) in [5.74, 6) is 1.01. The Hall–Kier alpha value is -2.96. The molecule has 1 aromatic heterocycles. The molecular weight excluding hydrogens is 438 g/mol. The minimum absolute atomic E-state index is 0.0303. The van der Waals surface area contributed by atoms with E-state index in [0.717, 1.165) is 16.9 Å². The van der Waals surface area contributed by atoms with Crippen molar-refractivity contribution in [3.05, 3.63) is 58.8 Å². The third-order valence-electron chi connectivity index (χ3n) is 6.61. The van der Waals surface area contributed by atoms with Gasteiger partial charge < -0.3 is 9.80 Å². The molecule has 33 heavy (non-hydrogen) atoms. The summed E-state index contributed by atoms with van der Waals surface area (Å²) in [5, 5.41) is 9.03. The number of rotatable bonds is 4. The summed E-state index contributed by atoms with van der Waals surface area (Å²) < 4.78 is 26.3. The Balaban J connectivity index is 1.42. The SMILES string of the molecule is Cc1cc(C#N)cnc1N1CCN(C(=O)c2ccc(C(C)(C)N3CCCS3(=O)=O)cc2)CC1. The highest BCUT2D eigenvalue weighted by molar-refractivity contribution is 7.89. The average molecular weight is 468 g/mol. The molecule has 2 saturated heterocycles. The Morgan fingerprint density at radius 1 is 1.09 bits per heavy atom. The second kappa shape index (κ2) is 8.76. The van der Waals surface area contributed by atoms with Crippen molar-refractivity contribution in [1.29, 1.82) is 5.26 Å². The number of carbonyl (C=O) groups excluding carboxylic acids is 1. The molecule has 3 heterocycles. The predicted octanol–water partition coefficient (Wildman–Crippen LogP) is 2.49. The van der Waals surface area contributed by atoms with Crippen LogP contribution in [0.15, 0.2) is 36.5 Å². The molecule has 2 aromatic rings. The first-order chi connectivity index (χ1) is 15.6. The molecule has 9 heteroatoms. The topological polar surface area (TPSA) is 97.6 Å². The lowest BCUT2D eigenvalue weighted by atomic mass is 9.93. The zero-order chi connectivity index (χ0) is 23.8. The molecule has 0 N–H and O–H groups in total. The van der Waals surface area contributed by atoms with Crippen molar-refractivity contribution in [2.24, 2.45) is 0 Å². The summed E-state index contributed by atoms with van der Waals surface area (Å²) in [6, 6.07) is 11.2. The summed E-state index contributed by atoms with van der Waals surface area (Å²) in [6.45, 7) is 8.78. The van der Waals surface area contributed by atoms with Crippen LogP contribution in [0.5, 0.6) is 0 Å². The van der Waals surface area contributed by atoms with Crippen LogP contribution >= 0.6 is 0 Å². The molecule has 0 spiro atoms. The van der Waals surface area contributed by atoms with Crippen molar-refractivity contribution in [1.82, 2.24) is 14.2 Å². The third kappa shape index (κ3) is 4.45. The number of pyridine rings is 1. The molecule has 2 aliphatic rings. The Morgan fingerprint density at radius 2 is 1.76 bits per heavy atom. The van der Waals surface area contributed by atoms with Crippen LogP contribution in [0.1, 0.15) is 47.3 Å². The molecule has 0 unspecified atom stereocenters. The van der Waals surface area contributed by atoms with Gasteiger partial charge in [-0.15, -0.1) is 0 Å². The van der Waals surface area contributed by atoms with Crippen molar-refractivity contribution in [3.63, 3.8) is 0 Å². The largest absolute Gasteiger partial charge is 0.353 e. The Morgan fingerprint density at radius 3 is 2.30 bits per heavy atom. The number of aromatic nitrogens is 1. The van der Waals surface area contributed by atoms with Gasteiger partial charge in [0.05, 0.1) is 16.9 Å². The first-order valence-electron chi connectivity index (χ1n) is 11.2. The molecule has 1 aromatic carbocycles. The van der Waals surface area contributed by atoms with Gasteiger partial charge >= 0.3 is 0 Å². The van der Waals surface area contributed by atoms with E-state index in [4.69, 9.17) is 5.26 Å². The van der Waals surface area contributed by atoms with Crippen LogP contribution in [-0.4, -0.2) is 67.0 Å². The Labute approximate surface area is 195 Å². The Bertz CT molecular complexity index is 1190. The van der Waals surface area contributed by atoms with Gasteiger partial charge in [0.1, 0.15) is 11.9 Å². The number of hydrogen-bond acceptors (Lipinski definition) is 6. The van der Waals surface area contributed by atoms with Crippen molar-refractivity contribution < 1.29 is 13.2 Å². The fourth-order valence-corrected chi connectivity index (χ4v) is 6.62. The van der Waals surface area contributed by atoms with E-state index in [2.05, 4.69) is 16.0 Å². The number of hydrogen-bond donors (Lipinski definition) is 0.